The molecule has 1 aromatic heterocycles. The average Bonchev–Trinajstić information content (AvgIpc) is 4.01. The molecule has 0 radical (unpaired) electrons. The van der Waals surface area contributed by atoms with Gasteiger partial charge in [0.1, 0.15) is 5.75 Å². The molecule has 6 aromatic rings. The number of benzene rings is 5. The first-order valence-corrected chi connectivity index (χ1v) is 27.3. The zero-order valence-corrected chi connectivity index (χ0v) is 41.5. The van der Waals surface area contributed by atoms with Gasteiger partial charge >= 0.3 is 0 Å². The Balaban J connectivity index is 0.919. The van der Waals surface area contributed by atoms with Crippen LogP contribution in [-0.4, -0.2) is 6.61 Å². The Labute approximate surface area is 400 Å². The number of fused-ring (bicyclic) bond motifs is 6. The van der Waals surface area contributed by atoms with E-state index in [1.165, 1.54) is 163 Å². The summed E-state index contributed by atoms with van der Waals surface area (Å²) in [6.45, 7) is 13.8. The first-order chi connectivity index (χ1) is 32.1. The highest BCUT2D eigenvalue weighted by Crippen LogP contribution is 2.76. The van der Waals surface area contributed by atoms with E-state index in [2.05, 4.69) is 150 Å². The molecule has 4 bridgehead atoms. The molecule has 4 saturated carbocycles. The Morgan fingerprint density at radius 3 is 1.35 bits per heavy atom. The van der Waals surface area contributed by atoms with Crippen LogP contribution in [0.25, 0.3) is 54.3 Å². The van der Waals surface area contributed by atoms with Crippen molar-refractivity contribution in [2.75, 3.05) is 6.61 Å². The van der Waals surface area contributed by atoms with E-state index in [9.17, 15) is 0 Å². The summed E-state index contributed by atoms with van der Waals surface area (Å²) in [5, 5.41) is 0. The number of unbranched alkanes of at least 4 members (excludes halogenated alkanes) is 5. The fraction of sp³-hybridized carbons (Fsp3) is 0.469. The third-order valence-corrected chi connectivity index (χ3v) is 20.9. The van der Waals surface area contributed by atoms with Gasteiger partial charge in [0, 0.05) is 20.6 Å². The zero-order valence-electron chi connectivity index (χ0n) is 40.7. The van der Waals surface area contributed by atoms with E-state index in [1.807, 2.05) is 11.3 Å². The van der Waals surface area contributed by atoms with Crippen molar-refractivity contribution in [1.29, 1.82) is 0 Å². The molecule has 2 spiro atoms. The normalized spacial score (nSPS) is 30.0. The highest BCUT2D eigenvalue weighted by molar-refractivity contribution is 7.18. The summed E-state index contributed by atoms with van der Waals surface area (Å²) in [4.78, 5) is 2.69. The van der Waals surface area contributed by atoms with Crippen molar-refractivity contribution in [3.05, 3.63) is 138 Å². The summed E-state index contributed by atoms with van der Waals surface area (Å²) in [6.07, 6.45) is 23.6. The van der Waals surface area contributed by atoms with E-state index in [0.717, 1.165) is 18.8 Å². The molecule has 6 aliphatic rings. The summed E-state index contributed by atoms with van der Waals surface area (Å²) in [7, 11) is 0. The van der Waals surface area contributed by atoms with E-state index in [1.54, 1.807) is 22.3 Å². The van der Waals surface area contributed by atoms with Gasteiger partial charge in [0.2, 0.25) is 0 Å². The van der Waals surface area contributed by atoms with Gasteiger partial charge in [0.15, 0.2) is 0 Å². The Morgan fingerprint density at radius 1 is 0.409 bits per heavy atom. The molecule has 1 heterocycles. The average molecular weight is 889 g/mol. The van der Waals surface area contributed by atoms with Crippen molar-refractivity contribution >= 4 is 11.3 Å². The Kier molecular flexibility index (Phi) is 10.3. The van der Waals surface area contributed by atoms with Gasteiger partial charge in [-0.25, -0.2) is 0 Å². The van der Waals surface area contributed by atoms with E-state index in [-0.39, 0.29) is 32.5 Å². The third-order valence-electron chi connectivity index (χ3n) is 19.8. The lowest BCUT2D eigenvalue weighted by molar-refractivity contribution is -0.0630. The summed E-state index contributed by atoms with van der Waals surface area (Å²) in [6, 6.07) is 46.3. The standard InChI is InChI=1S/C64H72OS/c1-6-7-8-9-10-13-40-65-48-25-20-44(21-26-48)57-30-31-58(66-57)47-24-29-52-51-28-23-46(42-55(51)64(56(52)43-47)61(4)36-16-38-62(64,5)39-17-37-61)45-22-27-50-49-18-11-12-19-53(49)63(54(50)41-45)59(2)32-14-34-60(63,3)35-15-33-59/h11-12,18-31,41-43H,6-10,13-17,32-40H2,1-5H3. The molecule has 340 valence electrons. The smallest absolute Gasteiger partial charge is 0.119 e. The minimum atomic E-state index is -0.0336. The summed E-state index contributed by atoms with van der Waals surface area (Å²) in [5.74, 6) is 0.983. The number of ether oxygens (including phenoxy) is 1. The topological polar surface area (TPSA) is 9.23 Å². The Bertz CT molecular complexity index is 2760. The van der Waals surface area contributed by atoms with E-state index < -0.39 is 0 Å². The van der Waals surface area contributed by atoms with Crippen molar-refractivity contribution in [3.8, 4) is 60.0 Å². The van der Waals surface area contributed by atoms with E-state index >= 15 is 0 Å². The Morgan fingerprint density at radius 2 is 0.818 bits per heavy atom. The maximum Gasteiger partial charge on any atom is 0.119 e. The van der Waals surface area contributed by atoms with Gasteiger partial charge in [-0.1, -0.05) is 153 Å². The second kappa shape index (κ2) is 15.8. The van der Waals surface area contributed by atoms with Crippen LogP contribution in [0.5, 0.6) is 5.75 Å². The third kappa shape index (κ3) is 5.94. The number of hydrogen-bond acceptors (Lipinski definition) is 2. The minimum Gasteiger partial charge on any atom is -0.494 e. The molecule has 5 aromatic carbocycles. The molecule has 0 atom stereocenters. The molecule has 0 aliphatic heterocycles. The molecule has 0 unspecified atom stereocenters. The molecule has 2 heteroatoms. The van der Waals surface area contributed by atoms with Crippen LogP contribution in [-0.2, 0) is 10.8 Å². The fourth-order valence-electron chi connectivity index (χ4n) is 17.1. The predicted octanol–water partition coefficient (Wildman–Crippen LogP) is 18.8. The van der Waals surface area contributed by atoms with Gasteiger partial charge in [0.05, 0.1) is 6.61 Å². The van der Waals surface area contributed by atoms with Gasteiger partial charge < -0.3 is 4.74 Å². The second-order valence-electron chi connectivity index (χ2n) is 23.3. The summed E-state index contributed by atoms with van der Waals surface area (Å²) < 4.78 is 6.16. The molecule has 0 amide bonds. The highest BCUT2D eigenvalue weighted by atomic mass is 32.1. The minimum absolute atomic E-state index is 0.0336. The molecule has 6 aliphatic carbocycles. The van der Waals surface area contributed by atoms with Gasteiger partial charge in [-0.15, -0.1) is 11.3 Å². The van der Waals surface area contributed by atoms with Crippen LogP contribution in [0.1, 0.15) is 172 Å². The van der Waals surface area contributed by atoms with Crippen molar-refractivity contribution in [3.63, 3.8) is 0 Å². The van der Waals surface area contributed by atoms with E-state index in [4.69, 9.17) is 4.74 Å². The SMILES string of the molecule is CCCCCCCCOc1ccc(-c2ccc(-c3ccc4c(c3)C3(c5cc(-c6ccc7c(c6)C6(c8ccccc8-7)C7(C)CCCC6(C)CCC7)ccc5-4)C4(C)CCCC3(C)CCC4)s2)cc1. The van der Waals surface area contributed by atoms with Gasteiger partial charge in [-0.05, 0) is 201 Å². The molecular weight excluding hydrogens is 817 g/mol. The maximum atomic E-state index is 6.16. The van der Waals surface area contributed by atoms with Crippen LogP contribution in [0.2, 0.25) is 0 Å². The number of thiophene rings is 1. The predicted molar refractivity (Wildman–Crippen MR) is 280 cm³/mol. The van der Waals surface area contributed by atoms with Crippen molar-refractivity contribution in [2.45, 2.75) is 161 Å². The van der Waals surface area contributed by atoms with Crippen LogP contribution in [0.15, 0.2) is 115 Å². The molecule has 0 saturated heterocycles. The van der Waals surface area contributed by atoms with E-state index in [0.29, 0.717) is 0 Å². The number of rotatable bonds is 11. The first-order valence-electron chi connectivity index (χ1n) is 26.5. The summed E-state index contributed by atoms with van der Waals surface area (Å²) in [5.41, 5.74) is 18.8. The first kappa shape index (κ1) is 42.9. The highest BCUT2D eigenvalue weighted by Gasteiger charge is 2.68. The molecular formula is C64H72OS. The van der Waals surface area contributed by atoms with Gasteiger partial charge in [-0.2, -0.15) is 0 Å². The molecule has 66 heavy (non-hydrogen) atoms. The van der Waals surface area contributed by atoms with Crippen LogP contribution >= 0.6 is 11.3 Å². The van der Waals surface area contributed by atoms with Gasteiger partial charge in [-0.3, -0.25) is 0 Å². The lowest BCUT2D eigenvalue weighted by Gasteiger charge is -2.65. The van der Waals surface area contributed by atoms with Crippen LogP contribution in [0, 0.1) is 21.7 Å². The number of hydrogen-bond donors (Lipinski definition) is 0. The van der Waals surface area contributed by atoms with Crippen LogP contribution in [0.3, 0.4) is 0 Å². The fourth-order valence-corrected chi connectivity index (χ4v) is 18.1. The van der Waals surface area contributed by atoms with Crippen LogP contribution < -0.4 is 4.74 Å². The van der Waals surface area contributed by atoms with Crippen LogP contribution in [0.4, 0.5) is 0 Å². The monoisotopic (exact) mass is 889 g/mol. The largest absolute Gasteiger partial charge is 0.494 e. The van der Waals surface area contributed by atoms with Crippen molar-refractivity contribution in [2.24, 2.45) is 21.7 Å². The zero-order chi connectivity index (χ0) is 44.9. The Hall–Kier alpha value is -4.40. The molecule has 1 nitrogen and oxygen atoms in total. The second-order valence-corrected chi connectivity index (χ2v) is 24.4. The lowest BCUT2D eigenvalue weighted by Crippen LogP contribution is -2.59. The molecule has 12 rings (SSSR count). The molecule has 4 fully saturated rings. The maximum absolute atomic E-state index is 6.16. The van der Waals surface area contributed by atoms with Gasteiger partial charge in [0.25, 0.3) is 0 Å². The summed E-state index contributed by atoms with van der Waals surface area (Å²) >= 11 is 1.94. The van der Waals surface area contributed by atoms with Crippen molar-refractivity contribution < 1.29 is 4.74 Å². The lowest BCUT2D eigenvalue weighted by atomic mass is 9.38. The quantitative estimate of drug-likeness (QED) is 0.118. The van der Waals surface area contributed by atoms with Crippen molar-refractivity contribution in [1.82, 2.24) is 0 Å². The molecule has 0 N–H and O–H groups in total.